The number of hydrogen-bond acceptors (Lipinski definition) is 4. The van der Waals surface area contributed by atoms with E-state index in [1.807, 2.05) is 20.8 Å². The van der Waals surface area contributed by atoms with Gasteiger partial charge >= 0.3 is 6.09 Å². The Labute approximate surface area is 108 Å². The zero-order chi connectivity index (χ0) is 13.9. The summed E-state index contributed by atoms with van der Waals surface area (Å²) in [4.78, 5) is 27.1. The van der Waals surface area contributed by atoms with Gasteiger partial charge in [-0.3, -0.25) is 9.69 Å². The molecular formula is C12H23N3O3. The minimum absolute atomic E-state index is 0.0898. The molecule has 1 atom stereocenters. The standard InChI is InChI=1S/C12H23N3O3/c1-12(2,3)18-11(17)15-7-6-13-8-9(15)10(16)14(4)5/h9,13H,6-8H2,1-5H3/t9-/m1/s1. The molecule has 1 aliphatic heterocycles. The Morgan fingerprint density at radius 2 is 1.94 bits per heavy atom. The highest BCUT2D eigenvalue weighted by Crippen LogP contribution is 2.14. The lowest BCUT2D eigenvalue weighted by atomic mass is 10.1. The van der Waals surface area contributed by atoms with E-state index in [2.05, 4.69) is 5.32 Å². The smallest absolute Gasteiger partial charge is 0.411 e. The van der Waals surface area contributed by atoms with Gasteiger partial charge in [-0.25, -0.2) is 4.79 Å². The molecule has 1 saturated heterocycles. The first-order valence-corrected chi connectivity index (χ1v) is 6.14. The highest BCUT2D eigenvalue weighted by atomic mass is 16.6. The number of ether oxygens (including phenoxy) is 1. The topological polar surface area (TPSA) is 61.9 Å². The van der Waals surface area contributed by atoms with E-state index >= 15 is 0 Å². The van der Waals surface area contributed by atoms with Crippen molar-refractivity contribution < 1.29 is 14.3 Å². The monoisotopic (exact) mass is 257 g/mol. The van der Waals surface area contributed by atoms with E-state index in [9.17, 15) is 9.59 Å². The van der Waals surface area contributed by atoms with Crippen molar-refractivity contribution in [3.8, 4) is 0 Å². The summed E-state index contributed by atoms with van der Waals surface area (Å²) in [7, 11) is 3.37. The van der Waals surface area contributed by atoms with Crippen LogP contribution in [-0.2, 0) is 9.53 Å². The molecule has 2 amide bonds. The first kappa shape index (κ1) is 14.8. The van der Waals surface area contributed by atoms with Gasteiger partial charge in [0.1, 0.15) is 11.6 Å². The largest absolute Gasteiger partial charge is 0.444 e. The van der Waals surface area contributed by atoms with Crippen molar-refractivity contribution in [1.82, 2.24) is 15.1 Å². The van der Waals surface area contributed by atoms with Crippen LogP contribution >= 0.6 is 0 Å². The highest BCUT2D eigenvalue weighted by molar-refractivity contribution is 5.86. The maximum atomic E-state index is 12.1. The zero-order valence-corrected chi connectivity index (χ0v) is 11.8. The number of rotatable bonds is 1. The Bertz CT molecular complexity index is 323. The predicted molar refractivity (Wildman–Crippen MR) is 68.3 cm³/mol. The SMILES string of the molecule is CN(C)C(=O)[C@H]1CNCCN1C(=O)OC(C)(C)C. The van der Waals surface area contributed by atoms with E-state index in [0.29, 0.717) is 19.6 Å². The van der Waals surface area contributed by atoms with Crippen molar-refractivity contribution in [1.29, 1.82) is 0 Å². The van der Waals surface area contributed by atoms with Gasteiger partial charge in [-0.1, -0.05) is 0 Å². The fraction of sp³-hybridized carbons (Fsp3) is 0.833. The fourth-order valence-corrected chi connectivity index (χ4v) is 1.76. The first-order chi connectivity index (χ1) is 8.22. The Morgan fingerprint density at radius 3 is 2.44 bits per heavy atom. The lowest BCUT2D eigenvalue weighted by molar-refractivity contribution is -0.134. The number of piperazine rings is 1. The molecule has 6 nitrogen and oxygen atoms in total. The Morgan fingerprint density at radius 1 is 1.33 bits per heavy atom. The molecule has 0 radical (unpaired) electrons. The second kappa shape index (κ2) is 5.56. The number of carbonyl (C=O) groups is 2. The molecule has 1 fully saturated rings. The van der Waals surface area contributed by atoms with Gasteiger partial charge in [0.25, 0.3) is 0 Å². The molecule has 1 rings (SSSR count). The van der Waals surface area contributed by atoms with Gasteiger partial charge in [-0.2, -0.15) is 0 Å². The van der Waals surface area contributed by atoms with Gasteiger partial charge in [0.15, 0.2) is 0 Å². The van der Waals surface area contributed by atoms with E-state index < -0.39 is 17.7 Å². The Kier molecular flexibility index (Phi) is 4.56. The van der Waals surface area contributed by atoms with Crippen LogP contribution in [0.5, 0.6) is 0 Å². The van der Waals surface area contributed by atoms with Crippen LogP contribution in [0.1, 0.15) is 20.8 Å². The van der Waals surface area contributed by atoms with Gasteiger partial charge < -0.3 is 15.0 Å². The van der Waals surface area contributed by atoms with Crippen LogP contribution in [0.4, 0.5) is 4.79 Å². The average molecular weight is 257 g/mol. The normalized spacial score (nSPS) is 20.5. The predicted octanol–water partition coefficient (Wildman–Crippen LogP) is 0.284. The van der Waals surface area contributed by atoms with Gasteiger partial charge in [0.05, 0.1) is 0 Å². The Balaban J connectivity index is 2.76. The molecule has 1 N–H and O–H groups in total. The minimum atomic E-state index is -0.548. The maximum Gasteiger partial charge on any atom is 0.411 e. The van der Waals surface area contributed by atoms with Crippen LogP contribution in [0.3, 0.4) is 0 Å². The van der Waals surface area contributed by atoms with E-state index in [4.69, 9.17) is 4.74 Å². The number of amides is 2. The molecule has 0 saturated carbocycles. The summed E-state index contributed by atoms with van der Waals surface area (Å²) in [5, 5.41) is 3.12. The van der Waals surface area contributed by atoms with Crippen LogP contribution < -0.4 is 5.32 Å². The molecule has 1 aliphatic rings. The number of nitrogens with one attached hydrogen (secondary N) is 1. The van der Waals surface area contributed by atoms with Crippen LogP contribution in [-0.4, -0.2) is 67.2 Å². The molecule has 0 aliphatic carbocycles. The third-order valence-electron chi connectivity index (χ3n) is 2.60. The molecular weight excluding hydrogens is 234 g/mol. The number of nitrogens with zero attached hydrogens (tertiary/aromatic N) is 2. The summed E-state index contributed by atoms with van der Waals surface area (Å²) < 4.78 is 5.33. The van der Waals surface area contributed by atoms with Gasteiger partial charge in [0, 0.05) is 33.7 Å². The molecule has 0 aromatic carbocycles. The maximum absolute atomic E-state index is 12.1. The molecule has 0 aromatic heterocycles. The average Bonchev–Trinajstić information content (AvgIpc) is 2.25. The summed E-state index contributed by atoms with van der Waals surface area (Å²) in [6.45, 7) is 7.08. The Hall–Kier alpha value is -1.30. The fourth-order valence-electron chi connectivity index (χ4n) is 1.76. The number of carbonyl (C=O) groups excluding carboxylic acids is 2. The van der Waals surface area contributed by atoms with Crippen molar-refractivity contribution in [3.05, 3.63) is 0 Å². The zero-order valence-electron chi connectivity index (χ0n) is 11.8. The molecule has 104 valence electrons. The third kappa shape index (κ3) is 3.87. The van der Waals surface area contributed by atoms with Crippen molar-refractivity contribution >= 4 is 12.0 Å². The summed E-state index contributed by atoms with van der Waals surface area (Å²) in [5.74, 6) is -0.0898. The summed E-state index contributed by atoms with van der Waals surface area (Å²) in [5.41, 5.74) is -0.548. The van der Waals surface area contributed by atoms with Gasteiger partial charge in [-0.05, 0) is 20.8 Å². The lowest BCUT2D eigenvalue weighted by Crippen LogP contribution is -2.60. The van der Waals surface area contributed by atoms with Crippen LogP contribution in [0.2, 0.25) is 0 Å². The molecule has 0 bridgehead atoms. The van der Waals surface area contributed by atoms with Crippen molar-refractivity contribution in [2.24, 2.45) is 0 Å². The van der Waals surface area contributed by atoms with Crippen LogP contribution in [0.25, 0.3) is 0 Å². The number of hydrogen-bond donors (Lipinski definition) is 1. The second-order valence-corrected chi connectivity index (χ2v) is 5.63. The van der Waals surface area contributed by atoms with E-state index in [1.165, 1.54) is 9.80 Å². The van der Waals surface area contributed by atoms with Crippen molar-refractivity contribution in [3.63, 3.8) is 0 Å². The quantitative estimate of drug-likeness (QED) is 0.733. The number of likely N-dealkylation sites (N-methyl/N-ethyl adjacent to an activating group) is 1. The first-order valence-electron chi connectivity index (χ1n) is 6.14. The molecule has 6 heteroatoms. The third-order valence-corrected chi connectivity index (χ3v) is 2.60. The van der Waals surface area contributed by atoms with E-state index in [1.54, 1.807) is 14.1 Å². The highest BCUT2D eigenvalue weighted by Gasteiger charge is 2.35. The summed E-state index contributed by atoms with van der Waals surface area (Å²) in [6, 6.07) is -0.483. The second-order valence-electron chi connectivity index (χ2n) is 5.63. The molecule has 0 unspecified atom stereocenters. The van der Waals surface area contributed by atoms with Gasteiger partial charge in [0.2, 0.25) is 5.91 Å². The van der Waals surface area contributed by atoms with E-state index in [0.717, 1.165) is 0 Å². The molecule has 1 heterocycles. The molecule has 0 aromatic rings. The lowest BCUT2D eigenvalue weighted by Gasteiger charge is -2.37. The minimum Gasteiger partial charge on any atom is -0.444 e. The molecule has 18 heavy (non-hydrogen) atoms. The van der Waals surface area contributed by atoms with Crippen molar-refractivity contribution in [2.75, 3.05) is 33.7 Å². The van der Waals surface area contributed by atoms with Crippen LogP contribution in [0.15, 0.2) is 0 Å². The van der Waals surface area contributed by atoms with E-state index in [-0.39, 0.29) is 5.91 Å². The summed E-state index contributed by atoms with van der Waals surface area (Å²) >= 11 is 0. The van der Waals surface area contributed by atoms with Crippen molar-refractivity contribution in [2.45, 2.75) is 32.4 Å². The van der Waals surface area contributed by atoms with Gasteiger partial charge in [-0.15, -0.1) is 0 Å². The molecule has 0 spiro atoms. The van der Waals surface area contributed by atoms with Crippen LogP contribution in [0, 0.1) is 0 Å². The summed E-state index contributed by atoms with van der Waals surface area (Å²) in [6.07, 6.45) is -0.427.